The van der Waals surface area contributed by atoms with E-state index in [0.717, 1.165) is 4.57 Å². The van der Waals surface area contributed by atoms with E-state index in [2.05, 4.69) is 5.32 Å². The fourth-order valence-electron chi connectivity index (χ4n) is 2.10. The van der Waals surface area contributed by atoms with E-state index in [1.54, 1.807) is 0 Å². The normalized spacial score (nSPS) is 13.0. The summed E-state index contributed by atoms with van der Waals surface area (Å²) in [6.07, 6.45) is -4.39. The lowest BCUT2D eigenvalue weighted by Crippen LogP contribution is -2.38. The van der Waals surface area contributed by atoms with Crippen LogP contribution in [0.5, 0.6) is 0 Å². The Kier molecular flexibility index (Phi) is 6.45. The van der Waals surface area contributed by atoms with E-state index in [1.165, 1.54) is 19.9 Å². The number of nitrogens with zero attached hydrogens (tertiary/aromatic N) is 1. The summed E-state index contributed by atoms with van der Waals surface area (Å²) in [7, 11) is 0. The Hall–Kier alpha value is -1.99. The third-order valence-corrected chi connectivity index (χ3v) is 3.85. The Labute approximate surface area is 139 Å². The number of hydrogen-bond donors (Lipinski definition) is 1. The number of hydrogen-bond acceptors (Lipinski definition) is 3. The van der Waals surface area contributed by atoms with E-state index in [0.29, 0.717) is 5.69 Å². The molecular formula is C16H23F3N2O3. The van der Waals surface area contributed by atoms with Gasteiger partial charge in [0.15, 0.2) is 6.61 Å². The summed E-state index contributed by atoms with van der Waals surface area (Å²) >= 11 is 0. The molecule has 0 aliphatic rings. The van der Waals surface area contributed by atoms with Crippen LogP contribution in [0.2, 0.25) is 0 Å². The number of amides is 1. The average Bonchev–Trinajstić information content (AvgIpc) is 2.71. The van der Waals surface area contributed by atoms with Gasteiger partial charge < -0.3 is 14.6 Å². The van der Waals surface area contributed by atoms with Crippen molar-refractivity contribution in [3.05, 3.63) is 23.0 Å². The van der Waals surface area contributed by atoms with Crippen LogP contribution in [-0.4, -0.2) is 35.3 Å². The molecule has 1 aromatic heterocycles. The van der Waals surface area contributed by atoms with E-state index < -0.39 is 31.2 Å². The molecule has 0 aliphatic heterocycles. The van der Waals surface area contributed by atoms with E-state index in [-0.39, 0.29) is 23.2 Å². The fourth-order valence-corrected chi connectivity index (χ4v) is 2.10. The molecule has 0 radical (unpaired) electrons. The van der Waals surface area contributed by atoms with Gasteiger partial charge in [-0.3, -0.25) is 4.79 Å². The Morgan fingerprint density at radius 2 is 1.83 bits per heavy atom. The number of ether oxygens (including phenoxy) is 1. The first-order valence-electron chi connectivity index (χ1n) is 7.62. The van der Waals surface area contributed by atoms with E-state index in [4.69, 9.17) is 4.74 Å². The molecule has 0 bridgehead atoms. The minimum absolute atomic E-state index is 0.0291. The number of halogens is 3. The molecule has 5 nitrogen and oxygen atoms in total. The zero-order valence-corrected chi connectivity index (χ0v) is 14.5. The molecule has 136 valence electrons. The summed E-state index contributed by atoms with van der Waals surface area (Å²) in [5.41, 5.74) is 0.488. The van der Waals surface area contributed by atoms with Gasteiger partial charge in [-0.15, -0.1) is 0 Å². The highest BCUT2D eigenvalue weighted by atomic mass is 19.4. The van der Waals surface area contributed by atoms with Crippen LogP contribution in [0.3, 0.4) is 0 Å². The zero-order valence-electron chi connectivity index (χ0n) is 14.5. The van der Waals surface area contributed by atoms with E-state index in [9.17, 15) is 22.8 Å². The van der Waals surface area contributed by atoms with Crippen molar-refractivity contribution < 1.29 is 27.5 Å². The standard InChI is InChI=1S/C16H23F3N2O3/c1-9(2)11(4)20-14(22)7-24-15(23)13-6-10(3)21(12(13)5)8-16(17,18)19/h6,9,11H,7-8H2,1-5H3,(H,20,22). The molecule has 1 unspecified atom stereocenters. The minimum atomic E-state index is -4.39. The quantitative estimate of drug-likeness (QED) is 0.804. The molecule has 0 aliphatic carbocycles. The van der Waals surface area contributed by atoms with Crippen LogP contribution >= 0.6 is 0 Å². The van der Waals surface area contributed by atoms with Crippen LogP contribution in [-0.2, 0) is 16.1 Å². The summed E-state index contributed by atoms with van der Waals surface area (Å²) in [5.74, 6) is -1.04. The van der Waals surface area contributed by atoms with Crippen molar-refractivity contribution in [3.8, 4) is 0 Å². The molecule has 1 amide bonds. The fraction of sp³-hybridized carbons (Fsp3) is 0.625. The highest BCUT2D eigenvalue weighted by Crippen LogP contribution is 2.23. The molecule has 8 heteroatoms. The third kappa shape index (κ3) is 5.58. The van der Waals surface area contributed by atoms with Crippen LogP contribution < -0.4 is 5.32 Å². The Bertz CT molecular complexity index is 606. The monoisotopic (exact) mass is 348 g/mol. The first kappa shape index (κ1) is 20.1. The largest absolute Gasteiger partial charge is 0.452 e. The highest BCUT2D eigenvalue weighted by Gasteiger charge is 2.30. The van der Waals surface area contributed by atoms with Crippen LogP contribution in [0, 0.1) is 19.8 Å². The number of aryl methyl sites for hydroxylation is 1. The third-order valence-electron chi connectivity index (χ3n) is 3.85. The second-order valence-electron chi connectivity index (χ2n) is 6.16. The average molecular weight is 348 g/mol. The predicted molar refractivity (Wildman–Crippen MR) is 82.7 cm³/mol. The van der Waals surface area contributed by atoms with E-state index >= 15 is 0 Å². The van der Waals surface area contributed by atoms with Crippen LogP contribution in [0.15, 0.2) is 6.07 Å². The number of rotatable bonds is 6. The van der Waals surface area contributed by atoms with Gasteiger partial charge in [0.2, 0.25) is 0 Å². The van der Waals surface area contributed by atoms with Gasteiger partial charge in [-0.25, -0.2) is 4.79 Å². The maximum Gasteiger partial charge on any atom is 0.406 e. The van der Waals surface area contributed by atoms with Crippen molar-refractivity contribution in [1.82, 2.24) is 9.88 Å². The van der Waals surface area contributed by atoms with Crippen molar-refractivity contribution in [2.45, 2.75) is 53.4 Å². The Balaban J connectivity index is 2.72. The topological polar surface area (TPSA) is 60.3 Å². The molecule has 1 atom stereocenters. The van der Waals surface area contributed by atoms with Gasteiger partial charge in [0.1, 0.15) is 6.54 Å². The van der Waals surface area contributed by atoms with E-state index in [1.807, 2.05) is 20.8 Å². The second kappa shape index (κ2) is 7.72. The van der Waals surface area contributed by atoms with Crippen LogP contribution in [0.25, 0.3) is 0 Å². The van der Waals surface area contributed by atoms with Crippen molar-refractivity contribution in [2.24, 2.45) is 5.92 Å². The number of carbonyl (C=O) groups excluding carboxylic acids is 2. The maximum absolute atomic E-state index is 12.6. The number of aromatic nitrogens is 1. The lowest BCUT2D eigenvalue weighted by atomic mass is 10.1. The molecule has 1 heterocycles. The smallest absolute Gasteiger partial charge is 0.406 e. The predicted octanol–water partition coefficient (Wildman–Crippen LogP) is 2.98. The van der Waals surface area contributed by atoms with Gasteiger partial charge in [0.05, 0.1) is 5.56 Å². The lowest BCUT2D eigenvalue weighted by Gasteiger charge is -2.17. The number of esters is 1. The summed E-state index contributed by atoms with van der Waals surface area (Å²) < 4.78 is 43.6. The summed E-state index contributed by atoms with van der Waals surface area (Å²) in [6, 6.07) is 1.26. The van der Waals surface area contributed by atoms with Gasteiger partial charge in [-0.2, -0.15) is 13.2 Å². The summed E-state index contributed by atoms with van der Waals surface area (Å²) in [6.45, 7) is 6.94. The molecule has 1 rings (SSSR count). The molecule has 0 saturated carbocycles. The zero-order chi connectivity index (χ0) is 18.7. The van der Waals surface area contributed by atoms with Crippen LogP contribution in [0.4, 0.5) is 13.2 Å². The summed E-state index contributed by atoms with van der Waals surface area (Å²) in [4.78, 5) is 23.7. The van der Waals surface area contributed by atoms with Crippen molar-refractivity contribution in [3.63, 3.8) is 0 Å². The SMILES string of the molecule is Cc1cc(C(=O)OCC(=O)NC(C)C(C)C)c(C)n1CC(F)(F)F. The second-order valence-corrected chi connectivity index (χ2v) is 6.16. The Morgan fingerprint density at radius 3 is 2.33 bits per heavy atom. The van der Waals surface area contributed by atoms with Gasteiger partial charge in [0, 0.05) is 17.4 Å². The molecule has 1 aromatic rings. The van der Waals surface area contributed by atoms with Crippen molar-refractivity contribution in [1.29, 1.82) is 0 Å². The van der Waals surface area contributed by atoms with Crippen molar-refractivity contribution in [2.75, 3.05) is 6.61 Å². The van der Waals surface area contributed by atoms with Crippen molar-refractivity contribution >= 4 is 11.9 Å². The van der Waals surface area contributed by atoms with Crippen LogP contribution in [0.1, 0.15) is 42.5 Å². The molecule has 0 spiro atoms. The maximum atomic E-state index is 12.6. The Morgan fingerprint density at radius 1 is 1.25 bits per heavy atom. The van der Waals surface area contributed by atoms with Gasteiger partial charge >= 0.3 is 12.1 Å². The lowest BCUT2D eigenvalue weighted by molar-refractivity contribution is -0.141. The molecule has 1 N–H and O–H groups in total. The molecule has 24 heavy (non-hydrogen) atoms. The van der Waals surface area contributed by atoms with Gasteiger partial charge in [0.25, 0.3) is 5.91 Å². The van der Waals surface area contributed by atoms with Gasteiger partial charge in [-0.05, 0) is 32.8 Å². The number of nitrogens with one attached hydrogen (secondary N) is 1. The van der Waals surface area contributed by atoms with Gasteiger partial charge in [-0.1, -0.05) is 13.8 Å². The molecular weight excluding hydrogens is 325 g/mol. The highest BCUT2D eigenvalue weighted by molar-refractivity contribution is 5.92. The minimum Gasteiger partial charge on any atom is -0.452 e. The first-order chi connectivity index (χ1) is 10.9. The number of carbonyl (C=O) groups is 2. The first-order valence-corrected chi connectivity index (χ1v) is 7.62. The molecule has 0 fully saturated rings. The summed E-state index contributed by atoms with van der Waals surface area (Å²) in [5, 5.41) is 2.68. The number of alkyl halides is 3. The molecule has 0 aromatic carbocycles. The molecule has 0 saturated heterocycles.